The number of non-ortho nitro benzene ring substituents is 1. The molecule has 1 aromatic carbocycles. The summed E-state index contributed by atoms with van der Waals surface area (Å²) >= 11 is 0. The minimum atomic E-state index is -1.25. The molecule has 0 heterocycles. The number of hydrogen-bond acceptors (Lipinski definition) is 5. The van der Waals surface area contributed by atoms with Crippen LogP contribution in [-0.4, -0.2) is 34.6 Å². The lowest BCUT2D eigenvalue weighted by Crippen LogP contribution is -2.59. The Hall–Kier alpha value is -2.64. The summed E-state index contributed by atoms with van der Waals surface area (Å²) in [6.07, 6.45) is 1.46. The highest BCUT2D eigenvalue weighted by molar-refractivity contribution is 6.00. The molecule has 8 nitrogen and oxygen atoms in total. The van der Waals surface area contributed by atoms with Crippen LogP contribution in [0.3, 0.4) is 0 Å². The standard InChI is InChI=1S/C13H14N2O6/c1-21-10-7-8(15(19)20)3-4-9(10)11(16)14-13(12(17)18)5-2-6-13/h3-4,7H,2,5-6H2,1H3,(H,14,16)(H,17,18). The molecule has 1 amide bonds. The van der Waals surface area contributed by atoms with Gasteiger partial charge >= 0.3 is 5.97 Å². The molecule has 0 unspecified atom stereocenters. The summed E-state index contributed by atoms with van der Waals surface area (Å²) in [4.78, 5) is 33.5. The van der Waals surface area contributed by atoms with E-state index in [0.717, 1.165) is 12.5 Å². The molecule has 2 rings (SSSR count). The number of aliphatic carboxylic acids is 1. The second kappa shape index (κ2) is 5.39. The van der Waals surface area contributed by atoms with Crippen molar-refractivity contribution in [3.63, 3.8) is 0 Å². The van der Waals surface area contributed by atoms with Crippen LogP contribution < -0.4 is 10.1 Å². The van der Waals surface area contributed by atoms with Gasteiger partial charge in [0.25, 0.3) is 11.6 Å². The number of methoxy groups -OCH3 is 1. The number of nitrogens with one attached hydrogen (secondary N) is 1. The Kier molecular flexibility index (Phi) is 3.79. The van der Waals surface area contributed by atoms with Gasteiger partial charge in [0.1, 0.15) is 11.3 Å². The minimum Gasteiger partial charge on any atom is -0.496 e. The molecule has 0 spiro atoms. The number of nitro groups is 1. The highest BCUT2D eigenvalue weighted by atomic mass is 16.6. The SMILES string of the molecule is COc1cc([N+](=O)[O-])ccc1C(=O)NC1(C(=O)O)CCC1. The number of carbonyl (C=O) groups is 2. The van der Waals surface area contributed by atoms with Crippen molar-refractivity contribution >= 4 is 17.6 Å². The van der Waals surface area contributed by atoms with Gasteiger partial charge in [-0.25, -0.2) is 4.79 Å². The number of hydrogen-bond donors (Lipinski definition) is 2. The van der Waals surface area contributed by atoms with Crippen molar-refractivity contribution < 1.29 is 24.4 Å². The molecule has 2 N–H and O–H groups in total. The van der Waals surface area contributed by atoms with E-state index < -0.39 is 22.3 Å². The van der Waals surface area contributed by atoms with Gasteiger partial charge in [-0.15, -0.1) is 0 Å². The van der Waals surface area contributed by atoms with Gasteiger partial charge in [-0.1, -0.05) is 0 Å². The molecule has 0 aliphatic heterocycles. The quantitative estimate of drug-likeness (QED) is 0.624. The summed E-state index contributed by atoms with van der Waals surface area (Å²) < 4.78 is 4.97. The number of amides is 1. The van der Waals surface area contributed by atoms with Crippen LogP contribution >= 0.6 is 0 Å². The zero-order chi connectivity index (χ0) is 15.6. The minimum absolute atomic E-state index is 0.0292. The molecule has 8 heteroatoms. The molecule has 1 aliphatic carbocycles. The van der Waals surface area contributed by atoms with E-state index in [0.29, 0.717) is 12.8 Å². The monoisotopic (exact) mass is 294 g/mol. The molecule has 0 aromatic heterocycles. The Morgan fingerprint density at radius 3 is 2.52 bits per heavy atom. The summed E-state index contributed by atoms with van der Waals surface area (Å²) in [6, 6.07) is 3.55. The van der Waals surface area contributed by atoms with Crippen LogP contribution in [0.2, 0.25) is 0 Å². The largest absolute Gasteiger partial charge is 0.496 e. The number of nitro benzene ring substituents is 1. The fourth-order valence-corrected chi connectivity index (χ4v) is 2.19. The van der Waals surface area contributed by atoms with E-state index in [1.165, 1.54) is 19.2 Å². The van der Waals surface area contributed by atoms with Crippen molar-refractivity contribution in [2.75, 3.05) is 7.11 Å². The molecular formula is C13H14N2O6. The first-order chi connectivity index (χ1) is 9.89. The second-order valence-electron chi connectivity index (χ2n) is 4.84. The van der Waals surface area contributed by atoms with Crippen LogP contribution in [0.4, 0.5) is 5.69 Å². The van der Waals surface area contributed by atoms with Gasteiger partial charge in [-0.3, -0.25) is 14.9 Å². The Bertz CT molecular complexity index is 609. The van der Waals surface area contributed by atoms with Crippen molar-refractivity contribution in [3.05, 3.63) is 33.9 Å². The normalized spacial score (nSPS) is 15.7. The molecule has 21 heavy (non-hydrogen) atoms. The lowest BCUT2D eigenvalue weighted by molar-refractivity contribution is -0.384. The summed E-state index contributed by atoms with van der Waals surface area (Å²) in [7, 11) is 1.28. The van der Waals surface area contributed by atoms with E-state index in [4.69, 9.17) is 4.74 Å². The van der Waals surface area contributed by atoms with Gasteiger partial charge in [0.05, 0.1) is 23.7 Å². The summed E-state index contributed by atoms with van der Waals surface area (Å²) in [6.45, 7) is 0. The molecule has 1 saturated carbocycles. The maximum absolute atomic E-state index is 12.2. The fourth-order valence-electron chi connectivity index (χ4n) is 2.19. The van der Waals surface area contributed by atoms with Gasteiger partial charge in [0, 0.05) is 6.07 Å². The number of carboxylic acid groups (broad SMARTS) is 1. The smallest absolute Gasteiger partial charge is 0.329 e. The van der Waals surface area contributed by atoms with E-state index in [9.17, 15) is 24.8 Å². The maximum Gasteiger partial charge on any atom is 0.329 e. The van der Waals surface area contributed by atoms with Gasteiger partial charge in [-0.2, -0.15) is 0 Å². The van der Waals surface area contributed by atoms with Crippen molar-refractivity contribution in [2.24, 2.45) is 0 Å². The van der Waals surface area contributed by atoms with Crippen molar-refractivity contribution in [1.82, 2.24) is 5.32 Å². The van der Waals surface area contributed by atoms with Gasteiger partial charge < -0.3 is 15.2 Å². The lowest BCUT2D eigenvalue weighted by Gasteiger charge is -2.38. The predicted octanol–water partition coefficient (Wildman–Crippen LogP) is 1.34. The van der Waals surface area contributed by atoms with Gasteiger partial charge in [-0.05, 0) is 25.3 Å². The molecule has 0 radical (unpaired) electrons. The van der Waals surface area contributed by atoms with Crippen molar-refractivity contribution in [1.29, 1.82) is 0 Å². The molecule has 112 valence electrons. The van der Waals surface area contributed by atoms with Crippen LogP contribution in [0, 0.1) is 10.1 Å². The molecular weight excluding hydrogens is 280 g/mol. The van der Waals surface area contributed by atoms with Crippen LogP contribution in [-0.2, 0) is 4.79 Å². The maximum atomic E-state index is 12.2. The molecule has 1 aromatic rings. The fraction of sp³-hybridized carbons (Fsp3) is 0.385. The number of carboxylic acids is 1. The van der Waals surface area contributed by atoms with Crippen molar-refractivity contribution in [2.45, 2.75) is 24.8 Å². The number of ether oxygens (including phenoxy) is 1. The van der Waals surface area contributed by atoms with E-state index in [1.54, 1.807) is 0 Å². The zero-order valence-electron chi connectivity index (χ0n) is 11.3. The van der Waals surface area contributed by atoms with E-state index in [-0.39, 0.29) is 17.0 Å². The number of rotatable bonds is 5. The number of nitrogens with zero attached hydrogens (tertiary/aromatic N) is 1. The van der Waals surface area contributed by atoms with E-state index in [2.05, 4.69) is 5.32 Å². The molecule has 1 aliphatic rings. The summed E-state index contributed by atoms with van der Waals surface area (Å²) in [5.41, 5.74) is -1.39. The van der Waals surface area contributed by atoms with Crippen LogP contribution in [0.15, 0.2) is 18.2 Å². The predicted molar refractivity (Wildman–Crippen MR) is 71.3 cm³/mol. The Morgan fingerprint density at radius 2 is 2.10 bits per heavy atom. The van der Waals surface area contributed by atoms with E-state index in [1.807, 2.05) is 0 Å². The van der Waals surface area contributed by atoms with Gasteiger partial charge in [0.15, 0.2) is 0 Å². The zero-order valence-corrected chi connectivity index (χ0v) is 11.3. The Labute approximate surface area is 119 Å². The number of carbonyl (C=O) groups excluding carboxylic acids is 1. The lowest BCUT2D eigenvalue weighted by atomic mass is 9.76. The third-order valence-corrected chi connectivity index (χ3v) is 3.61. The molecule has 1 fully saturated rings. The molecule has 0 saturated heterocycles. The second-order valence-corrected chi connectivity index (χ2v) is 4.84. The molecule has 0 bridgehead atoms. The van der Waals surface area contributed by atoms with Crippen LogP contribution in [0.5, 0.6) is 5.75 Å². The van der Waals surface area contributed by atoms with Crippen LogP contribution in [0.1, 0.15) is 29.6 Å². The highest BCUT2D eigenvalue weighted by Crippen LogP contribution is 2.33. The summed E-state index contributed by atoms with van der Waals surface area (Å²) in [5, 5.41) is 22.4. The van der Waals surface area contributed by atoms with Crippen LogP contribution in [0.25, 0.3) is 0 Å². The van der Waals surface area contributed by atoms with E-state index >= 15 is 0 Å². The highest BCUT2D eigenvalue weighted by Gasteiger charge is 2.46. The van der Waals surface area contributed by atoms with Crippen molar-refractivity contribution in [3.8, 4) is 5.75 Å². The number of benzene rings is 1. The average Bonchev–Trinajstić information content (AvgIpc) is 2.41. The topological polar surface area (TPSA) is 119 Å². The average molecular weight is 294 g/mol. The third kappa shape index (κ3) is 2.64. The third-order valence-electron chi connectivity index (χ3n) is 3.61. The Morgan fingerprint density at radius 1 is 1.43 bits per heavy atom. The Balaban J connectivity index is 2.27. The first kappa shape index (κ1) is 14.8. The summed E-state index contributed by atoms with van der Waals surface area (Å²) in [5.74, 6) is -1.67. The van der Waals surface area contributed by atoms with Gasteiger partial charge in [0.2, 0.25) is 0 Å². The first-order valence-electron chi connectivity index (χ1n) is 6.28. The molecule has 0 atom stereocenters. The first-order valence-corrected chi connectivity index (χ1v) is 6.28.